The molecule has 0 aliphatic heterocycles. The molecule has 4 nitrogen and oxygen atoms in total. The first-order valence-corrected chi connectivity index (χ1v) is 9.12. The van der Waals surface area contributed by atoms with Crippen LogP contribution in [0.2, 0.25) is 5.02 Å². The second-order valence-corrected chi connectivity index (χ2v) is 7.37. The van der Waals surface area contributed by atoms with E-state index in [1.54, 1.807) is 6.07 Å². The summed E-state index contributed by atoms with van der Waals surface area (Å²) < 4.78 is 15.5. The second kappa shape index (κ2) is 7.71. The van der Waals surface area contributed by atoms with E-state index in [-0.39, 0.29) is 17.8 Å². The summed E-state index contributed by atoms with van der Waals surface area (Å²) in [5.41, 5.74) is 3.26. The molecule has 0 spiro atoms. The minimum atomic E-state index is -0.285. The van der Waals surface area contributed by atoms with Crippen LogP contribution in [0, 0.1) is 12.7 Å². The molecule has 142 valence electrons. The summed E-state index contributed by atoms with van der Waals surface area (Å²) in [6, 6.07) is 11.9. The number of nitrogens with one attached hydrogen (secondary N) is 1. The summed E-state index contributed by atoms with van der Waals surface area (Å²) in [5, 5.41) is 4.60. The van der Waals surface area contributed by atoms with Gasteiger partial charge >= 0.3 is 0 Å². The molecule has 1 atom stereocenters. The van der Waals surface area contributed by atoms with Crippen LogP contribution in [0.25, 0.3) is 10.9 Å². The van der Waals surface area contributed by atoms with Crippen LogP contribution in [0.4, 0.5) is 4.39 Å². The lowest BCUT2D eigenvalue weighted by Gasteiger charge is -2.25. The lowest BCUT2D eigenvalue weighted by atomic mass is 10.1. The van der Waals surface area contributed by atoms with Crippen LogP contribution in [0.15, 0.2) is 42.5 Å². The predicted molar refractivity (Wildman–Crippen MR) is 108 cm³/mol. The molecule has 6 heteroatoms. The van der Waals surface area contributed by atoms with Gasteiger partial charge in [0.1, 0.15) is 11.5 Å². The third-order valence-corrected chi connectivity index (χ3v) is 5.18. The Hall–Kier alpha value is -2.37. The maximum Gasteiger partial charge on any atom is 0.268 e. The number of carbonyl (C=O) groups is 1. The van der Waals surface area contributed by atoms with Crippen LogP contribution < -0.4 is 5.32 Å². The quantitative estimate of drug-likeness (QED) is 0.708. The topological polar surface area (TPSA) is 37.3 Å². The van der Waals surface area contributed by atoms with E-state index in [4.69, 9.17) is 11.6 Å². The Labute approximate surface area is 163 Å². The van der Waals surface area contributed by atoms with Gasteiger partial charge in [0.15, 0.2) is 0 Å². The molecule has 1 aromatic heterocycles. The number of fused-ring (bicyclic) bond motifs is 1. The molecule has 1 amide bonds. The number of aromatic nitrogens is 1. The van der Waals surface area contributed by atoms with Crippen molar-refractivity contribution in [3.63, 3.8) is 0 Å². The van der Waals surface area contributed by atoms with Gasteiger partial charge < -0.3 is 14.8 Å². The number of hydrogen-bond donors (Lipinski definition) is 1. The summed E-state index contributed by atoms with van der Waals surface area (Å²) in [4.78, 5) is 14.9. The number of aryl methyl sites for hydroxylation is 2. The average molecular weight is 388 g/mol. The number of rotatable bonds is 5. The van der Waals surface area contributed by atoms with Gasteiger partial charge in [-0.2, -0.15) is 0 Å². The van der Waals surface area contributed by atoms with Gasteiger partial charge in [-0.3, -0.25) is 4.79 Å². The first-order chi connectivity index (χ1) is 12.8. The molecule has 3 rings (SSSR count). The predicted octanol–water partition coefficient (Wildman–Crippen LogP) is 4.31. The molecule has 0 saturated carbocycles. The highest BCUT2D eigenvalue weighted by Crippen LogP contribution is 2.27. The SMILES string of the molecule is Cc1c(C(=O)NC[C@@H](c2cccc(F)c2)N(C)C)n(C)c2ccc(Cl)cc12. The second-order valence-electron chi connectivity index (χ2n) is 6.94. The molecule has 27 heavy (non-hydrogen) atoms. The number of benzene rings is 2. The van der Waals surface area contributed by atoms with Crippen LogP contribution in [-0.2, 0) is 7.05 Å². The molecule has 0 unspecified atom stereocenters. The molecule has 2 aromatic carbocycles. The normalized spacial score (nSPS) is 12.6. The third-order valence-electron chi connectivity index (χ3n) is 4.94. The van der Waals surface area contributed by atoms with Crippen molar-refractivity contribution in [3.05, 3.63) is 70.1 Å². The van der Waals surface area contributed by atoms with Crippen LogP contribution in [0.5, 0.6) is 0 Å². The number of carbonyl (C=O) groups excluding carboxylic acids is 1. The maximum atomic E-state index is 13.6. The highest BCUT2D eigenvalue weighted by Gasteiger charge is 2.21. The minimum Gasteiger partial charge on any atom is -0.349 e. The van der Waals surface area contributed by atoms with Gasteiger partial charge in [0.2, 0.25) is 0 Å². The number of likely N-dealkylation sites (N-methyl/N-ethyl adjacent to an activating group) is 1. The van der Waals surface area contributed by atoms with Gasteiger partial charge in [0.05, 0.1) is 6.04 Å². The fourth-order valence-corrected chi connectivity index (χ4v) is 3.68. The fourth-order valence-electron chi connectivity index (χ4n) is 3.51. The summed E-state index contributed by atoms with van der Waals surface area (Å²) in [6.07, 6.45) is 0. The van der Waals surface area contributed by atoms with Crippen molar-refractivity contribution in [2.45, 2.75) is 13.0 Å². The Bertz CT molecular complexity index is 997. The third kappa shape index (κ3) is 3.84. The largest absolute Gasteiger partial charge is 0.349 e. The van der Waals surface area contributed by atoms with E-state index in [2.05, 4.69) is 5.32 Å². The molecule has 0 aliphatic carbocycles. The van der Waals surface area contributed by atoms with Gasteiger partial charge in [-0.25, -0.2) is 4.39 Å². The van der Waals surface area contributed by atoms with E-state index in [0.717, 1.165) is 22.0 Å². The Balaban J connectivity index is 1.86. The zero-order chi connectivity index (χ0) is 19.7. The Morgan fingerprint density at radius 1 is 1.26 bits per heavy atom. The van der Waals surface area contributed by atoms with Crippen LogP contribution in [0.3, 0.4) is 0 Å². The zero-order valence-electron chi connectivity index (χ0n) is 15.9. The van der Waals surface area contributed by atoms with Gasteiger partial charge in [-0.1, -0.05) is 23.7 Å². The Morgan fingerprint density at radius 3 is 2.67 bits per heavy atom. The Kier molecular flexibility index (Phi) is 5.53. The number of nitrogens with zero attached hydrogens (tertiary/aromatic N) is 2. The number of amides is 1. The highest BCUT2D eigenvalue weighted by molar-refractivity contribution is 6.31. The summed E-state index contributed by atoms with van der Waals surface area (Å²) >= 11 is 6.10. The van der Waals surface area contributed by atoms with E-state index >= 15 is 0 Å². The van der Waals surface area contributed by atoms with Crippen molar-refractivity contribution < 1.29 is 9.18 Å². The van der Waals surface area contributed by atoms with Crippen molar-refractivity contribution in [3.8, 4) is 0 Å². The molecule has 0 aliphatic rings. The smallest absolute Gasteiger partial charge is 0.268 e. The van der Waals surface area contributed by atoms with Gasteiger partial charge in [-0.05, 0) is 62.5 Å². The van der Waals surface area contributed by atoms with E-state index < -0.39 is 0 Å². The first kappa shape index (κ1) is 19.4. The molecular weight excluding hydrogens is 365 g/mol. The first-order valence-electron chi connectivity index (χ1n) is 8.74. The van der Waals surface area contributed by atoms with E-state index in [1.165, 1.54) is 12.1 Å². The number of hydrogen-bond acceptors (Lipinski definition) is 2. The Morgan fingerprint density at radius 2 is 2.00 bits per heavy atom. The lowest BCUT2D eigenvalue weighted by Crippen LogP contribution is -2.35. The average Bonchev–Trinajstić information content (AvgIpc) is 2.85. The lowest BCUT2D eigenvalue weighted by molar-refractivity contribution is 0.0933. The molecule has 0 radical (unpaired) electrons. The molecule has 0 bridgehead atoms. The summed E-state index contributed by atoms with van der Waals surface area (Å²) in [6.45, 7) is 2.29. The molecule has 0 fully saturated rings. The van der Waals surface area contributed by atoms with Crippen LogP contribution in [0.1, 0.15) is 27.7 Å². The summed E-state index contributed by atoms with van der Waals surface area (Å²) in [7, 11) is 5.69. The van der Waals surface area contributed by atoms with Crippen molar-refractivity contribution in [2.24, 2.45) is 7.05 Å². The van der Waals surface area contributed by atoms with Crippen LogP contribution in [-0.4, -0.2) is 36.0 Å². The van der Waals surface area contributed by atoms with E-state index in [9.17, 15) is 9.18 Å². The van der Waals surface area contributed by atoms with Gasteiger partial charge in [0.25, 0.3) is 5.91 Å². The summed E-state index contributed by atoms with van der Waals surface area (Å²) in [5.74, 6) is -0.447. The fraction of sp³-hybridized carbons (Fsp3) is 0.286. The molecule has 3 aromatic rings. The van der Waals surface area contributed by atoms with Crippen molar-refractivity contribution >= 4 is 28.4 Å². The zero-order valence-corrected chi connectivity index (χ0v) is 16.6. The van der Waals surface area contributed by atoms with E-state index in [1.807, 2.05) is 61.8 Å². The monoisotopic (exact) mass is 387 g/mol. The molecule has 0 saturated heterocycles. The maximum absolute atomic E-state index is 13.6. The minimum absolute atomic E-state index is 0.130. The van der Waals surface area contributed by atoms with Crippen molar-refractivity contribution in [2.75, 3.05) is 20.6 Å². The van der Waals surface area contributed by atoms with Crippen LogP contribution >= 0.6 is 11.6 Å². The van der Waals surface area contributed by atoms with Crippen molar-refractivity contribution in [1.29, 1.82) is 0 Å². The van der Waals surface area contributed by atoms with Crippen molar-refractivity contribution in [1.82, 2.24) is 14.8 Å². The molecule has 1 heterocycles. The van der Waals surface area contributed by atoms with E-state index in [0.29, 0.717) is 17.3 Å². The number of halogens is 2. The van der Waals surface area contributed by atoms with Gasteiger partial charge in [-0.15, -0.1) is 0 Å². The molecular formula is C21H23ClFN3O. The standard InChI is InChI=1S/C21H23ClFN3O/c1-13-17-11-15(22)8-9-18(17)26(4)20(13)21(27)24-12-19(25(2)3)14-6-5-7-16(23)10-14/h5-11,19H,12H2,1-4H3,(H,24,27)/t19-/m0/s1. The van der Waals surface area contributed by atoms with Gasteiger partial charge in [0, 0.05) is 29.5 Å². The highest BCUT2D eigenvalue weighted by atomic mass is 35.5. The molecule has 1 N–H and O–H groups in total.